The van der Waals surface area contributed by atoms with Crippen LogP contribution in [0.5, 0.6) is 5.75 Å². The van der Waals surface area contributed by atoms with E-state index in [4.69, 9.17) is 16.3 Å². The van der Waals surface area contributed by atoms with Gasteiger partial charge in [0, 0.05) is 37.0 Å². The summed E-state index contributed by atoms with van der Waals surface area (Å²) in [6, 6.07) is 5.90. The Bertz CT molecular complexity index is 477. The van der Waals surface area contributed by atoms with Crippen LogP contribution in [0.2, 0.25) is 5.02 Å². The number of carbonyl (C=O) groups is 1. The lowest BCUT2D eigenvalue weighted by atomic mass is 10.1. The van der Waals surface area contributed by atoms with Crippen molar-refractivity contribution in [3.05, 3.63) is 28.8 Å². The van der Waals surface area contributed by atoms with Gasteiger partial charge in [0.15, 0.2) is 0 Å². The van der Waals surface area contributed by atoms with Crippen molar-refractivity contribution in [3.63, 3.8) is 0 Å². The molecule has 1 atom stereocenters. The smallest absolute Gasteiger partial charge is 0.221 e. The molecule has 110 valence electrons. The Hall–Kier alpha value is -1.26. The molecule has 1 aliphatic heterocycles. The van der Waals surface area contributed by atoms with Crippen LogP contribution in [-0.4, -0.2) is 31.1 Å². The van der Waals surface area contributed by atoms with E-state index in [9.17, 15) is 4.79 Å². The second kappa shape index (κ2) is 6.95. The van der Waals surface area contributed by atoms with E-state index in [0.717, 1.165) is 29.3 Å². The maximum Gasteiger partial charge on any atom is 0.221 e. The van der Waals surface area contributed by atoms with Gasteiger partial charge in [0.2, 0.25) is 5.91 Å². The molecule has 0 saturated heterocycles. The summed E-state index contributed by atoms with van der Waals surface area (Å²) in [5, 5.41) is 6.87. The zero-order chi connectivity index (χ0) is 14.5. The fourth-order valence-corrected chi connectivity index (χ4v) is 2.46. The number of amides is 1. The monoisotopic (exact) mass is 296 g/mol. The summed E-state index contributed by atoms with van der Waals surface area (Å²) in [7, 11) is 0. The number of rotatable bonds is 6. The number of benzene rings is 1. The first-order chi connectivity index (χ1) is 9.54. The zero-order valence-corrected chi connectivity index (χ0v) is 12.7. The van der Waals surface area contributed by atoms with Crippen molar-refractivity contribution in [2.45, 2.75) is 38.8 Å². The van der Waals surface area contributed by atoms with Crippen molar-refractivity contribution in [3.8, 4) is 5.75 Å². The lowest BCUT2D eigenvalue weighted by Gasteiger charge is -2.12. The zero-order valence-electron chi connectivity index (χ0n) is 11.9. The minimum atomic E-state index is 0.0786. The Kier molecular flexibility index (Phi) is 5.26. The number of nitrogens with one attached hydrogen (secondary N) is 2. The van der Waals surface area contributed by atoms with E-state index >= 15 is 0 Å². The summed E-state index contributed by atoms with van der Waals surface area (Å²) in [6.45, 7) is 5.32. The Labute approximate surface area is 124 Å². The maximum atomic E-state index is 11.5. The Morgan fingerprint density at radius 1 is 1.50 bits per heavy atom. The molecule has 1 heterocycles. The molecule has 4 nitrogen and oxygen atoms in total. The summed E-state index contributed by atoms with van der Waals surface area (Å²) in [5.74, 6) is 0.994. The molecule has 5 heteroatoms. The molecule has 0 saturated carbocycles. The van der Waals surface area contributed by atoms with Crippen LogP contribution in [0.15, 0.2) is 18.2 Å². The van der Waals surface area contributed by atoms with Gasteiger partial charge in [-0.2, -0.15) is 0 Å². The third-order valence-corrected chi connectivity index (χ3v) is 3.35. The molecular weight excluding hydrogens is 276 g/mol. The van der Waals surface area contributed by atoms with E-state index in [0.29, 0.717) is 13.0 Å². The molecule has 0 radical (unpaired) electrons. The van der Waals surface area contributed by atoms with Crippen LogP contribution in [0, 0.1) is 0 Å². The third kappa shape index (κ3) is 4.39. The molecule has 0 spiro atoms. The normalized spacial score (nSPS) is 16.9. The first-order valence-electron chi connectivity index (χ1n) is 7.00. The van der Waals surface area contributed by atoms with Gasteiger partial charge in [-0.05, 0) is 37.6 Å². The molecule has 2 rings (SSSR count). The highest BCUT2D eigenvalue weighted by Crippen LogP contribution is 2.30. The summed E-state index contributed by atoms with van der Waals surface area (Å²) in [4.78, 5) is 11.5. The molecule has 2 N–H and O–H groups in total. The van der Waals surface area contributed by atoms with Crippen LogP contribution in [-0.2, 0) is 11.2 Å². The summed E-state index contributed by atoms with van der Waals surface area (Å²) in [5.41, 5.74) is 1.15. The third-order valence-electron chi connectivity index (χ3n) is 3.11. The first kappa shape index (κ1) is 15.1. The van der Waals surface area contributed by atoms with Crippen LogP contribution in [0.3, 0.4) is 0 Å². The Morgan fingerprint density at radius 3 is 3.05 bits per heavy atom. The quantitative estimate of drug-likeness (QED) is 0.791. The average Bonchev–Trinajstić information content (AvgIpc) is 2.75. The number of carbonyl (C=O) groups excluding carboxylic acids is 1. The first-order valence-corrected chi connectivity index (χ1v) is 7.37. The van der Waals surface area contributed by atoms with Crippen molar-refractivity contribution < 1.29 is 9.53 Å². The fourth-order valence-electron chi connectivity index (χ4n) is 2.26. The molecule has 0 aliphatic carbocycles. The lowest BCUT2D eigenvalue weighted by Crippen LogP contribution is -2.35. The van der Waals surface area contributed by atoms with Gasteiger partial charge in [-0.1, -0.05) is 11.6 Å². The largest absolute Gasteiger partial charge is 0.488 e. The van der Waals surface area contributed by atoms with Crippen molar-refractivity contribution in [1.82, 2.24) is 10.6 Å². The number of hydrogen-bond acceptors (Lipinski definition) is 3. The molecule has 20 heavy (non-hydrogen) atoms. The van der Waals surface area contributed by atoms with Crippen molar-refractivity contribution >= 4 is 17.5 Å². The summed E-state index contributed by atoms with van der Waals surface area (Å²) >= 11 is 5.96. The predicted octanol–water partition coefficient (Wildman–Crippen LogP) is 2.15. The molecular formula is C15H21ClN2O2. The topological polar surface area (TPSA) is 50.4 Å². The lowest BCUT2D eigenvalue weighted by molar-refractivity contribution is -0.121. The van der Waals surface area contributed by atoms with Crippen molar-refractivity contribution in [2.24, 2.45) is 0 Å². The number of ether oxygens (including phenoxy) is 1. The van der Waals surface area contributed by atoms with Crippen molar-refractivity contribution in [1.29, 1.82) is 0 Å². The van der Waals surface area contributed by atoms with Gasteiger partial charge in [-0.3, -0.25) is 4.79 Å². The van der Waals surface area contributed by atoms with Gasteiger partial charge < -0.3 is 15.4 Å². The maximum absolute atomic E-state index is 11.5. The van der Waals surface area contributed by atoms with Gasteiger partial charge in [-0.15, -0.1) is 0 Å². The van der Waals surface area contributed by atoms with Gasteiger partial charge in [0.25, 0.3) is 0 Å². The van der Waals surface area contributed by atoms with Gasteiger partial charge in [0.1, 0.15) is 11.9 Å². The van der Waals surface area contributed by atoms with E-state index in [1.807, 2.05) is 32.0 Å². The number of fused-ring (bicyclic) bond motifs is 1. The highest BCUT2D eigenvalue weighted by molar-refractivity contribution is 6.30. The van der Waals surface area contributed by atoms with Crippen molar-refractivity contribution in [2.75, 3.05) is 13.1 Å². The molecule has 0 aromatic heterocycles. The Balaban J connectivity index is 1.66. The van der Waals surface area contributed by atoms with Crippen LogP contribution in [0.1, 0.15) is 25.8 Å². The standard InChI is InChI=1S/C15H21ClN2O2/c1-10(2)18-15(19)5-6-17-9-13-8-11-7-12(16)3-4-14(11)20-13/h3-4,7,10,13,17H,5-6,8-9H2,1-2H3,(H,18,19). The molecule has 1 aromatic carbocycles. The molecule has 0 fully saturated rings. The van der Waals surface area contributed by atoms with E-state index in [-0.39, 0.29) is 18.1 Å². The molecule has 1 unspecified atom stereocenters. The fraction of sp³-hybridized carbons (Fsp3) is 0.533. The van der Waals surface area contributed by atoms with Crippen LogP contribution >= 0.6 is 11.6 Å². The highest BCUT2D eigenvalue weighted by Gasteiger charge is 2.22. The Morgan fingerprint density at radius 2 is 2.30 bits per heavy atom. The molecule has 1 amide bonds. The minimum absolute atomic E-state index is 0.0786. The average molecular weight is 297 g/mol. The summed E-state index contributed by atoms with van der Waals surface area (Å²) in [6.07, 6.45) is 1.47. The van der Waals surface area contributed by atoms with E-state index < -0.39 is 0 Å². The number of halogens is 1. The van der Waals surface area contributed by atoms with E-state index in [2.05, 4.69) is 10.6 Å². The van der Waals surface area contributed by atoms with Gasteiger partial charge in [0.05, 0.1) is 0 Å². The van der Waals surface area contributed by atoms with E-state index in [1.165, 1.54) is 0 Å². The van der Waals surface area contributed by atoms with Crippen LogP contribution < -0.4 is 15.4 Å². The SMILES string of the molecule is CC(C)NC(=O)CCNCC1Cc2cc(Cl)ccc2O1. The second-order valence-electron chi connectivity index (χ2n) is 5.37. The molecule has 1 aliphatic rings. The number of hydrogen-bond donors (Lipinski definition) is 2. The molecule has 1 aromatic rings. The minimum Gasteiger partial charge on any atom is -0.488 e. The highest BCUT2D eigenvalue weighted by atomic mass is 35.5. The molecule has 0 bridgehead atoms. The van der Waals surface area contributed by atoms with Crippen LogP contribution in [0.25, 0.3) is 0 Å². The van der Waals surface area contributed by atoms with E-state index in [1.54, 1.807) is 0 Å². The summed E-state index contributed by atoms with van der Waals surface area (Å²) < 4.78 is 5.81. The van der Waals surface area contributed by atoms with Crippen LogP contribution in [0.4, 0.5) is 0 Å². The van der Waals surface area contributed by atoms with Gasteiger partial charge >= 0.3 is 0 Å². The second-order valence-corrected chi connectivity index (χ2v) is 5.81. The van der Waals surface area contributed by atoms with Gasteiger partial charge in [-0.25, -0.2) is 0 Å². The predicted molar refractivity (Wildman–Crippen MR) is 80.3 cm³/mol.